The first-order chi connectivity index (χ1) is 25.6. The molecule has 13 N–H and O–H groups in total. The molecule has 0 aliphatic carbocycles. The number of aromatic hydroxyl groups is 1. The number of imidazole rings is 1. The Hall–Kier alpha value is -5.72. The number of likely N-dealkylation sites (tertiary alicyclic amines) is 1. The maximum absolute atomic E-state index is 14.2. The largest absolute Gasteiger partial charge is 0.508 e. The summed E-state index contributed by atoms with van der Waals surface area (Å²) in [7, 11) is 0. The second kappa shape index (κ2) is 20.5. The molecule has 1 aliphatic rings. The van der Waals surface area contributed by atoms with Crippen LogP contribution in [0.1, 0.15) is 64.1 Å². The molecular weight excluding hydrogens is 702 g/mol. The predicted molar refractivity (Wildman–Crippen MR) is 196 cm³/mol. The van der Waals surface area contributed by atoms with Gasteiger partial charge in [-0.2, -0.15) is 0 Å². The maximum atomic E-state index is 14.2. The highest BCUT2D eigenvalue weighted by molar-refractivity contribution is 5.96. The number of carbonyl (C=O) groups is 6. The lowest BCUT2D eigenvalue weighted by Crippen LogP contribution is -2.60. The third-order valence-corrected chi connectivity index (χ3v) is 9.29. The summed E-state index contributed by atoms with van der Waals surface area (Å²) in [5.41, 5.74) is 12.4. The first-order valence-corrected chi connectivity index (χ1v) is 17.9. The van der Waals surface area contributed by atoms with Gasteiger partial charge in [-0.25, -0.2) is 9.78 Å². The Morgan fingerprint density at radius 3 is 2.31 bits per heavy atom. The molecular formula is C35H53N11O8. The smallest absolute Gasteiger partial charge is 0.326 e. The minimum absolute atomic E-state index is 0.00477. The number of H-pyrrole nitrogens is 1. The van der Waals surface area contributed by atoms with Gasteiger partial charge in [0.15, 0.2) is 5.96 Å². The second-order valence-electron chi connectivity index (χ2n) is 13.5. The molecule has 1 fully saturated rings. The van der Waals surface area contributed by atoms with E-state index < -0.39 is 77.7 Å². The zero-order valence-corrected chi connectivity index (χ0v) is 30.8. The number of nitrogens with one attached hydrogen (secondary N) is 7. The highest BCUT2D eigenvalue weighted by atomic mass is 16.4. The summed E-state index contributed by atoms with van der Waals surface area (Å²) in [5, 5.41) is 39.9. The Morgan fingerprint density at radius 2 is 1.70 bits per heavy atom. The summed E-state index contributed by atoms with van der Waals surface area (Å²) >= 11 is 0. The number of phenols is 1. The van der Waals surface area contributed by atoms with Gasteiger partial charge in [0.1, 0.15) is 36.0 Å². The van der Waals surface area contributed by atoms with E-state index >= 15 is 0 Å². The molecule has 0 unspecified atom stereocenters. The third-order valence-electron chi connectivity index (χ3n) is 9.29. The van der Waals surface area contributed by atoms with Crippen molar-refractivity contribution in [3.05, 3.63) is 48.0 Å². The van der Waals surface area contributed by atoms with Crippen molar-refractivity contribution in [1.82, 2.24) is 41.5 Å². The van der Waals surface area contributed by atoms with Crippen molar-refractivity contribution in [2.24, 2.45) is 17.4 Å². The van der Waals surface area contributed by atoms with Crippen LogP contribution in [0, 0.1) is 11.3 Å². The number of aromatic amines is 1. The van der Waals surface area contributed by atoms with Crippen LogP contribution in [0.5, 0.6) is 5.75 Å². The number of aromatic nitrogens is 2. The lowest BCUT2D eigenvalue weighted by Gasteiger charge is -2.31. The number of aliphatic carboxylic acids is 1. The quantitative estimate of drug-likeness (QED) is 0.0421. The van der Waals surface area contributed by atoms with Crippen molar-refractivity contribution < 1.29 is 39.0 Å². The average molecular weight is 756 g/mol. The molecule has 19 nitrogen and oxygen atoms in total. The van der Waals surface area contributed by atoms with E-state index in [1.807, 2.05) is 6.92 Å². The van der Waals surface area contributed by atoms with Gasteiger partial charge in [-0.1, -0.05) is 32.4 Å². The van der Waals surface area contributed by atoms with Crippen LogP contribution in [0.2, 0.25) is 0 Å². The van der Waals surface area contributed by atoms with Crippen molar-refractivity contribution in [3.63, 3.8) is 0 Å². The number of amides is 5. The van der Waals surface area contributed by atoms with Crippen molar-refractivity contribution in [1.29, 1.82) is 5.41 Å². The molecule has 54 heavy (non-hydrogen) atoms. The minimum Gasteiger partial charge on any atom is -0.508 e. The highest BCUT2D eigenvalue weighted by Crippen LogP contribution is 2.21. The van der Waals surface area contributed by atoms with Gasteiger partial charge in [-0.3, -0.25) is 29.4 Å². The number of carboxylic acids is 1. The normalized spacial score (nSPS) is 17.2. The van der Waals surface area contributed by atoms with Gasteiger partial charge in [0.25, 0.3) is 0 Å². The van der Waals surface area contributed by atoms with Crippen LogP contribution in [0.15, 0.2) is 36.8 Å². The van der Waals surface area contributed by atoms with E-state index in [0.717, 1.165) is 0 Å². The summed E-state index contributed by atoms with van der Waals surface area (Å²) in [6.45, 7) is 5.43. The number of guanidine groups is 1. The summed E-state index contributed by atoms with van der Waals surface area (Å²) in [5.74, 6) is -5.11. The molecule has 1 aromatic carbocycles. The standard InChI is InChI=1S/C35H53N11O8/c1-4-19(2)28(45-29(48)20(3)42-30(49)24(36)16-22-17-39-18-41-22)32(51)44-26(15-21-9-11-23(47)12-10-21)33(52)46-14-6-8-27(46)31(50)43-25(34(53)54)7-5-13-40-35(37)38/h9-12,17-20,24-28,47H,4-8,13-16,36H2,1-3H3,(H,39,41)(H,42,49)(H,43,50)(H,44,51)(H,45,48)(H,53,54)(H4,37,38,40)/t19-,20-,24-,25-,26-,27-,28-/m0/s1. The minimum atomic E-state index is -1.26. The van der Waals surface area contributed by atoms with Gasteiger partial charge in [0.2, 0.25) is 29.5 Å². The molecule has 0 saturated carbocycles. The van der Waals surface area contributed by atoms with E-state index in [4.69, 9.17) is 16.9 Å². The fraction of sp³-hybridized carbons (Fsp3) is 0.543. The second-order valence-corrected chi connectivity index (χ2v) is 13.5. The number of rotatable bonds is 20. The Balaban J connectivity index is 1.76. The van der Waals surface area contributed by atoms with Crippen LogP contribution >= 0.6 is 0 Å². The van der Waals surface area contributed by atoms with Crippen LogP contribution in [0.3, 0.4) is 0 Å². The summed E-state index contributed by atoms with van der Waals surface area (Å²) in [6, 6.07) is -0.621. The lowest BCUT2D eigenvalue weighted by molar-refractivity contribution is -0.145. The molecule has 0 bridgehead atoms. The number of nitrogens with two attached hydrogens (primary N) is 2. The van der Waals surface area contributed by atoms with Crippen LogP contribution in [0.4, 0.5) is 0 Å². The molecule has 7 atom stereocenters. The van der Waals surface area contributed by atoms with Crippen molar-refractivity contribution >= 4 is 41.5 Å². The first-order valence-electron chi connectivity index (χ1n) is 17.9. The molecule has 5 amide bonds. The van der Waals surface area contributed by atoms with Crippen molar-refractivity contribution in [2.45, 2.75) is 102 Å². The average Bonchev–Trinajstić information content (AvgIpc) is 3.84. The van der Waals surface area contributed by atoms with Gasteiger partial charge in [0.05, 0.1) is 18.1 Å². The molecule has 3 rings (SSSR count). The van der Waals surface area contributed by atoms with Gasteiger partial charge in [0, 0.05) is 32.1 Å². The number of benzene rings is 1. The number of carbonyl (C=O) groups excluding carboxylic acids is 5. The SMILES string of the molecule is CC[C@H](C)[C@H](NC(=O)[C@H](C)NC(=O)[C@@H](N)Cc1c[nH]cn1)C(=O)N[C@@H](Cc1ccc(O)cc1)C(=O)N1CCC[C@H]1C(=O)N[C@@H](CCCNC(=N)N)C(=O)O. The topological polar surface area (TPSA) is 311 Å². The van der Waals surface area contributed by atoms with E-state index in [1.165, 1.54) is 30.3 Å². The third kappa shape index (κ3) is 12.7. The molecule has 1 aliphatic heterocycles. The number of hydrogen-bond acceptors (Lipinski definition) is 10. The molecule has 2 aromatic rings. The van der Waals surface area contributed by atoms with Gasteiger partial charge < -0.3 is 58.1 Å². The van der Waals surface area contributed by atoms with Gasteiger partial charge >= 0.3 is 5.97 Å². The molecule has 1 aromatic heterocycles. The predicted octanol–water partition coefficient (Wildman–Crippen LogP) is -1.43. The first kappa shape index (κ1) is 42.7. The Bertz CT molecular complexity index is 1600. The number of carboxylic acid groups (broad SMARTS) is 1. The maximum Gasteiger partial charge on any atom is 0.326 e. The van der Waals surface area contributed by atoms with Gasteiger partial charge in [-0.05, 0) is 56.2 Å². The van der Waals surface area contributed by atoms with E-state index in [-0.39, 0.29) is 50.5 Å². The van der Waals surface area contributed by atoms with E-state index in [9.17, 15) is 39.0 Å². The molecule has 1 saturated heterocycles. The zero-order valence-electron chi connectivity index (χ0n) is 30.8. The van der Waals surface area contributed by atoms with Crippen LogP contribution in [-0.2, 0) is 41.6 Å². The Kier molecular flexibility index (Phi) is 16.2. The van der Waals surface area contributed by atoms with E-state index in [1.54, 1.807) is 25.3 Å². The summed E-state index contributed by atoms with van der Waals surface area (Å²) < 4.78 is 0. The van der Waals surface area contributed by atoms with Crippen LogP contribution in [0.25, 0.3) is 0 Å². The van der Waals surface area contributed by atoms with Gasteiger partial charge in [-0.15, -0.1) is 0 Å². The molecule has 19 heteroatoms. The van der Waals surface area contributed by atoms with E-state index in [0.29, 0.717) is 30.5 Å². The molecule has 2 heterocycles. The van der Waals surface area contributed by atoms with Crippen molar-refractivity contribution in [2.75, 3.05) is 13.1 Å². The monoisotopic (exact) mass is 755 g/mol. The summed E-state index contributed by atoms with van der Waals surface area (Å²) in [4.78, 5) is 87.7. The number of hydrogen-bond donors (Lipinski definition) is 11. The number of nitrogens with zero attached hydrogens (tertiary/aromatic N) is 2. The Morgan fingerprint density at radius 1 is 1.00 bits per heavy atom. The molecule has 296 valence electrons. The van der Waals surface area contributed by atoms with Crippen LogP contribution in [-0.4, -0.2) is 116 Å². The van der Waals surface area contributed by atoms with Crippen LogP contribution < -0.4 is 38.1 Å². The van der Waals surface area contributed by atoms with E-state index in [2.05, 4.69) is 36.6 Å². The fourth-order valence-corrected chi connectivity index (χ4v) is 5.97. The van der Waals surface area contributed by atoms with Crippen molar-refractivity contribution in [3.8, 4) is 5.75 Å². The molecule has 0 radical (unpaired) electrons. The zero-order chi connectivity index (χ0) is 39.9. The Labute approximate surface area is 313 Å². The fourth-order valence-electron chi connectivity index (χ4n) is 5.97. The summed E-state index contributed by atoms with van der Waals surface area (Å²) in [6.07, 6.45) is 4.68. The lowest BCUT2D eigenvalue weighted by atomic mass is 9.96. The molecule has 0 spiro atoms. The number of phenolic OH excluding ortho intramolecular Hbond substituents is 1. The highest BCUT2D eigenvalue weighted by Gasteiger charge is 2.40.